The fourth-order valence-corrected chi connectivity index (χ4v) is 3.28. The molecule has 19 heavy (non-hydrogen) atoms. The molecule has 1 aliphatic rings. The average Bonchev–Trinajstić information content (AvgIpc) is 2.42. The minimum absolute atomic E-state index is 0.141. The fourth-order valence-electron chi connectivity index (χ4n) is 2.95. The van der Waals surface area contributed by atoms with E-state index in [4.69, 9.17) is 0 Å². The highest BCUT2D eigenvalue weighted by molar-refractivity contribution is 9.10. The lowest BCUT2D eigenvalue weighted by Gasteiger charge is -2.27. The molecule has 0 spiro atoms. The standard InChI is InChI=1S/C16H20BrFO/c1-2-11-4-3-5-13(8-11)16(19)9-12-6-7-14(17)10-15(12)18/h6-7,10-11,13H,2-5,8-9H2,1H3. The van der Waals surface area contributed by atoms with Gasteiger partial charge in [-0.3, -0.25) is 4.79 Å². The molecule has 0 N–H and O–H groups in total. The summed E-state index contributed by atoms with van der Waals surface area (Å²) in [6.45, 7) is 2.19. The monoisotopic (exact) mass is 326 g/mol. The van der Waals surface area contributed by atoms with Crippen LogP contribution in [-0.4, -0.2) is 5.78 Å². The van der Waals surface area contributed by atoms with E-state index in [9.17, 15) is 9.18 Å². The number of hydrogen-bond acceptors (Lipinski definition) is 1. The fraction of sp³-hybridized carbons (Fsp3) is 0.562. The maximum absolute atomic E-state index is 13.7. The lowest BCUT2D eigenvalue weighted by atomic mass is 9.77. The van der Waals surface area contributed by atoms with Crippen LogP contribution in [0.5, 0.6) is 0 Å². The Morgan fingerprint density at radius 1 is 1.42 bits per heavy atom. The molecule has 1 nitrogen and oxygen atoms in total. The number of Topliss-reactive ketones (excluding diaryl/α,β-unsaturated/α-hetero) is 1. The highest BCUT2D eigenvalue weighted by atomic mass is 79.9. The van der Waals surface area contributed by atoms with Gasteiger partial charge in [0.05, 0.1) is 0 Å². The Hall–Kier alpha value is -0.700. The van der Waals surface area contributed by atoms with E-state index in [0.717, 1.165) is 25.7 Å². The topological polar surface area (TPSA) is 17.1 Å². The van der Waals surface area contributed by atoms with Crippen LogP contribution in [-0.2, 0) is 11.2 Å². The Bertz CT molecular complexity index is 458. The van der Waals surface area contributed by atoms with Crippen LogP contribution < -0.4 is 0 Å². The predicted octanol–water partition coefficient (Wildman–Crippen LogP) is 4.92. The third-order valence-corrected chi connectivity index (χ3v) is 4.69. The van der Waals surface area contributed by atoms with Crippen molar-refractivity contribution in [3.05, 3.63) is 34.1 Å². The lowest BCUT2D eigenvalue weighted by Crippen LogP contribution is -2.24. The predicted molar refractivity (Wildman–Crippen MR) is 78.6 cm³/mol. The summed E-state index contributed by atoms with van der Waals surface area (Å²) < 4.78 is 14.5. The second-order valence-electron chi connectivity index (χ2n) is 5.52. The van der Waals surface area contributed by atoms with Gasteiger partial charge >= 0.3 is 0 Å². The minimum atomic E-state index is -0.287. The molecule has 0 aliphatic heterocycles. The Balaban J connectivity index is 2.00. The quantitative estimate of drug-likeness (QED) is 0.767. The van der Waals surface area contributed by atoms with Crippen LogP contribution in [0.4, 0.5) is 4.39 Å². The van der Waals surface area contributed by atoms with E-state index >= 15 is 0 Å². The van der Waals surface area contributed by atoms with Crippen molar-refractivity contribution in [3.63, 3.8) is 0 Å². The number of rotatable bonds is 4. The van der Waals surface area contributed by atoms with Gasteiger partial charge in [0, 0.05) is 16.8 Å². The number of hydrogen-bond donors (Lipinski definition) is 0. The van der Waals surface area contributed by atoms with Gasteiger partial charge in [-0.05, 0) is 36.5 Å². The third kappa shape index (κ3) is 3.88. The summed E-state index contributed by atoms with van der Waals surface area (Å²) in [5.41, 5.74) is 0.520. The molecular weight excluding hydrogens is 307 g/mol. The number of benzene rings is 1. The van der Waals surface area contributed by atoms with Gasteiger partial charge in [-0.1, -0.05) is 48.2 Å². The number of carbonyl (C=O) groups is 1. The van der Waals surface area contributed by atoms with E-state index in [0.29, 0.717) is 16.0 Å². The molecule has 0 saturated heterocycles. The van der Waals surface area contributed by atoms with Crippen LogP contribution in [0.2, 0.25) is 0 Å². The zero-order chi connectivity index (χ0) is 13.8. The molecule has 2 atom stereocenters. The van der Waals surface area contributed by atoms with Gasteiger partial charge < -0.3 is 0 Å². The molecule has 104 valence electrons. The van der Waals surface area contributed by atoms with E-state index in [1.165, 1.54) is 12.5 Å². The molecule has 1 saturated carbocycles. The molecule has 0 bridgehead atoms. The molecule has 1 fully saturated rings. The minimum Gasteiger partial charge on any atom is -0.299 e. The van der Waals surface area contributed by atoms with Crippen molar-refractivity contribution in [1.82, 2.24) is 0 Å². The van der Waals surface area contributed by atoms with Gasteiger partial charge in [0.25, 0.3) is 0 Å². The Kier molecular flexibility index (Phi) is 5.14. The van der Waals surface area contributed by atoms with Crippen molar-refractivity contribution in [2.24, 2.45) is 11.8 Å². The van der Waals surface area contributed by atoms with Crippen molar-refractivity contribution in [2.45, 2.75) is 45.4 Å². The van der Waals surface area contributed by atoms with E-state index < -0.39 is 0 Å². The third-order valence-electron chi connectivity index (χ3n) is 4.20. The molecule has 1 aliphatic carbocycles. The van der Waals surface area contributed by atoms with Gasteiger partial charge in [0.15, 0.2) is 0 Å². The molecule has 2 unspecified atom stereocenters. The summed E-state index contributed by atoms with van der Waals surface area (Å²) in [5.74, 6) is 0.740. The second kappa shape index (κ2) is 6.65. The molecule has 2 rings (SSSR count). The van der Waals surface area contributed by atoms with Gasteiger partial charge in [-0.25, -0.2) is 4.39 Å². The zero-order valence-corrected chi connectivity index (χ0v) is 12.9. The molecule has 3 heteroatoms. The molecular formula is C16H20BrFO. The van der Waals surface area contributed by atoms with Crippen molar-refractivity contribution >= 4 is 21.7 Å². The highest BCUT2D eigenvalue weighted by Crippen LogP contribution is 2.32. The average molecular weight is 327 g/mol. The molecule has 0 radical (unpaired) electrons. The molecule has 0 heterocycles. The van der Waals surface area contributed by atoms with E-state index in [1.54, 1.807) is 12.1 Å². The van der Waals surface area contributed by atoms with Crippen LogP contribution in [0, 0.1) is 17.7 Å². The molecule has 0 aromatic heterocycles. The summed E-state index contributed by atoms with van der Waals surface area (Å²) in [6, 6.07) is 4.93. The molecule has 1 aromatic carbocycles. The second-order valence-corrected chi connectivity index (χ2v) is 6.43. The van der Waals surface area contributed by atoms with Crippen LogP contribution in [0.1, 0.15) is 44.6 Å². The van der Waals surface area contributed by atoms with Crippen molar-refractivity contribution in [1.29, 1.82) is 0 Å². The maximum Gasteiger partial charge on any atom is 0.140 e. The van der Waals surface area contributed by atoms with Crippen LogP contribution in [0.25, 0.3) is 0 Å². The summed E-state index contributed by atoms with van der Waals surface area (Å²) in [7, 11) is 0. The summed E-state index contributed by atoms with van der Waals surface area (Å²) in [5, 5.41) is 0. The van der Waals surface area contributed by atoms with Gasteiger partial charge in [-0.2, -0.15) is 0 Å². The van der Waals surface area contributed by atoms with Gasteiger partial charge in [0.1, 0.15) is 11.6 Å². The maximum atomic E-state index is 13.7. The van der Waals surface area contributed by atoms with Crippen molar-refractivity contribution in [3.8, 4) is 0 Å². The first-order valence-corrected chi connectivity index (χ1v) is 7.86. The largest absolute Gasteiger partial charge is 0.299 e. The lowest BCUT2D eigenvalue weighted by molar-refractivity contribution is -0.123. The van der Waals surface area contributed by atoms with Crippen LogP contribution >= 0.6 is 15.9 Å². The Labute approximate surface area is 122 Å². The summed E-state index contributed by atoms with van der Waals surface area (Å²) in [4.78, 5) is 12.3. The zero-order valence-electron chi connectivity index (χ0n) is 11.3. The highest BCUT2D eigenvalue weighted by Gasteiger charge is 2.26. The van der Waals surface area contributed by atoms with E-state index in [-0.39, 0.29) is 23.9 Å². The van der Waals surface area contributed by atoms with Gasteiger partial charge in [0.2, 0.25) is 0 Å². The molecule has 0 amide bonds. The van der Waals surface area contributed by atoms with Gasteiger partial charge in [-0.15, -0.1) is 0 Å². The Morgan fingerprint density at radius 3 is 2.89 bits per heavy atom. The van der Waals surface area contributed by atoms with Crippen molar-refractivity contribution in [2.75, 3.05) is 0 Å². The molecule has 1 aromatic rings. The van der Waals surface area contributed by atoms with Crippen LogP contribution in [0.15, 0.2) is 22.7 Å². The SMILES string of the molecule is CCC1CCCC(C(=O)Cc2ccc(Br)cc2F)C1. The van der Waals surface area contributed by atoms with Crippen LogP contribution in [0.3, 0.4) is 0 Å². The normalized spacial score (nSPS) is 23.3. The number of halogens is 2. The van der Waals surface area contributed by atoms with Crippen molar-refractivity contribution < 1.29 is 9.18 Å². The smallest absolute Gasteiger partial charge is 0.140 e. The van der Waals surface area contributed by atoms with E-state index in [1.807, 2.05) is 0 Å². The summed E-state index contributed by atoms with van der Waals surface area (Å²) >= 11 is 3.23. The van der Waals surface area contributed by atoms with E-state index in [2.05, 4.69) is 22.9 Å². The first kappa shape index (κ1) is 14.7. The Morgan fingerprint density at radius 2 is 2.21 bits per heavy atom. The number of ketones is 1. The first-order valence-electron chi connectivity index (χ1n) is 7.06. The summed E-state index contributed by atoms with van der Waals surface area (Å²) in [6.07, 6.45) is 5.74. The first-order chi connectivity index (χ1) is 9.10. The number of carbonyl (C=O) groups excluding carboxylic acids is 1.